The van der Waals surface area contributed by atoms with E-state index in [1.807, 2.05) is 31.2 Å². The smallest absolute Gasteiger partial charge is 0.381 e. The third-order valence-electron chi connectivity index (χ3n) is 7.87. The lowest BCUT2D eigenvalue weighted by Gasteiger charge is -2.32. The van der Waals surface area contributed by atoms with Gasteiger partial charge in [0.05, 0.1) is 28.8 Å². The van der Waals surface area contributed by atoms with Gasteiger partial charge in [-0.2, -0.15) is 18.4 Å². The Morgan fingerprint density at radius 1 is 1.18 bits per heavy atom. The van der Waals surface area contributed by atoms with E-state index in [0.717, 1.165) is 31.2 Å². The summed E-state index contributed by atoms with van der Waals surface area (Å²) < 4.78 is 72.1. The molecule has 2 aliphatic rings. The van der Waals surface area contributed by atoms with Crippen LogP contribution in [0.5, 0.6) is 0 Å². The highest BCUT2D eigenvalue weighted by Crippen LogP contribution is 2.32. The van der Waals surface area contributed by atoms with E-state index in [-0.39, 0.29) is 24.7 Å². The van der Waals surface area contributed by atoms with Gasteiger partial charge in [0, 0.05) is 49.6 Å². The maximum atomic E-state index is 12.3. The van der Waals surface area contributed by atoms with Crippen LogP contribution in [0, 0.1) is 16.7 Å². The summed E-state index contributed by atoms with van der Waals surface area (Å²) in [5.41, 5.74) is 0.935. The number of nitriles is 1. The van der Waals surface area contributed by atoms with Gasteiger partial charge >= 0.3 is 6.18 Å². The minimum absolute atomic E-state index is 0.0431. The predicted molar refractivity (Wildman–Crippen MR) is 165 cm³/mol. The molecule has 1 aliphatic carbocycles. The molecule has 1 saturated carbocycles. The normalized spacial score (nSPS) is 21.1. The molecule has 0 unspecified atom stereocenters. The highest BCUT2D eigenvalue weighted by molar-refractivity contribution is 7.89. The van der Waals surface area contributed by atoms with Crippen LogP contribution in [0.25, 0.3) is 11.3 Å². The highest BCUT2D eigenvalue weighted by atomic mass is 35.5. The first-order chi connectivity index (χ1) is 21.4. The van der Waals surface area contributed by atoms with Gasteiger partial charge in [0.1, 0.15) is 18.2 Å². The molecule has 1 aliphatic heterocycles. The van der Waals surface area contributed by atoms with Crippen molar-refractivity contribution in [2.24, 2.45) is 5.41 Å². The summed E-state index contributed by atoms with van der Waals surface area (Å²) in [6.07, 6.45) is 1.77. The summed E-state index contributed by atoms with van der Waals surface area (Å²) in [5.74, 6) is 0.496. The van der Waals surface area contributed by atoms with Gasteiger partial charge in [-0.05, 0) is 63.6 Å². The molecule has 16 heteroatoms. The summed E-state index contributed by atoms with van der Waals surface area (Å²) >= 11 is 6.52. The summed E-state index contributed by atoms with van der Waals surface area (Å²) in [7, 11) is -4.18. The van der Waals surface area contributed by atoms with Crippen molar-refractivity contribution >= 4 is 33.3 Å². The van der Waals surface area contributed by atoms with Crippen molar-refractivity contribution in [3.05, 3.63) is 35.5 Å². The Bertz CT molecular complexity index is 1410. The summed E-state index contributed by atoms with van der Waals surface area (Å²) in [6.45, 7) is 1.88. The van der Waals surface area contributed by atoms with Crippen molar-refractivity contribution in [2.75, 3.05) is 49.5 Å². The van der Waals surface area contributed by atoms with Crippen molar-refractivity contribution in [1.29, 1.82) is 5.26 Å². The third kappa shape index (κ3) is 11.2. The van der Waals surface area contributed by atoms with Gasteiger partial charge in [0.15, 0.2) is 5.94 Å². The van der Waals surface area contributed by atoms with Crippen molar-refractivity contribution in [3.8, 4) is 17.3 Å². The molecule has 4 N–H and O–H groups in total. The minimum Gasteiger partial charge on any atom is -0.381 e. The Balaban J connectivity index is 1.24. The molecule has 0 aromatic carbocycles. The molecule has 2 fully saturated rings. The Hall–Kier alpha value is -2.74. The first-order valence-corrected chi connectivity index (χ1v) is 16.9. The number of rotatable bonds is 14. The van der Waals surface area contributed by atoms with E-state index >= 15 is 0 Å². The largest absolute Gasteiger partial charge is 0.402 e. The SMILES string of the molecule is C[C@@H](COCS(=O)(=O)NCC(F)(F)F)N[C@H]1CC[C@H](Nc2cc(-c3cccc(NCC4(C#N)CCOCC4)n3)c(Cl)cn2)CC1. The lowest BCUT2D eigenvalue weighted by atomic mass is 9.82. The quantitative estimate of drug-likeness (QED) is 0.223. The number of sulfonamides is 1. The number of hydrogen-bond donors (Lipinski definition) is 4. The van der Waals surface area contributed by atoms with Crippen LogP contribution >= 0.6 is 11.6 Å². The van der Waals surface area contributed by atoms with E-state index in [0.29, 0.717) is 55.0 Å². The van der Waals surface area contributed by atoms with Crippen molar-refractivity contribution < 1.29 is 31.1 Å². The van der Waals surface area contributed by atoms with Gasteiger partial charge in [-0.1, -0.05) is 17.7 Å². The number of hydrogen-bond acceptors (Lipinski definition) is 10. The Labute approximate surface area is 266 Å². The summed E-state index contributed by atoms with van der Waals surface area (Å²) in [5, 5.41) is 20.4. The molecule has 1 saturated heterocycles. The lowest BCUT2D eigenvalue weighted by Crippen LogP contribution is -2.43. The number of ether oxygens (including phenoxy) is 2. The van der Waals surface area contributed by atoms with E-state index in [4.69, 9.17) is 26.1 Å². The Morgan fingerprint density at radius 2 is 1.89 bits per heavy atom. The second-order valence-electron chi connectivity index (χ2n) is 11.6. The van der Waals surface area contributed by atoms with Crippen LogP contribution in [-0.2, 0) is 19.5 Å². The van der Waals surface area contributed by atoms with Gasteiger partial charge in [0.2, 0.25) is 10.0 Å². The van der Waals surface area contributed by atoms with Crippen LogP contribution < -0.4 is 20.7 Å². The molecular weight excluding hydrogens is 635 g/mol. The molecule has 11 nitrogen and oxygen atoms in total. The highest BCUT2D eigenvalue weighted by Gasteiger charge is 2.33. The van der Waals surface area contributed by atoms with E-state index in [9.17, 15) is 26.9 Å². The number of alkyl halides is 3. The van der Waals surface area contributed by atoms with Crippen LogP contribution in [0.2, 0.25) is 5.02 Å². The molecule has 0 radical (unpaired) electrons. The molecule has 0 spiro atoms. The minimum atomic E-state index is -4.63. The molecule has 0 bridgehead atoms. The molecule has 2 aromatic heterocycles. The maximum absolute atomic E-state index is 12.3. The second kappa shape index (κ2) is 15.7. The summed E-state index contributed by atoms with van der Waals surface area (Å²) in [4.78, 5) is 9.20. The number of pyridine rings is 2. The number of aromatic nitrogens is 2. The molecular formula is C29H39ClF3N7O4S. The maximum Gasteiger partial charge on any atom is 0.402 e. The Morgan fingerprint density at radius 3 is 2.58 bits per heavy atom. The molecule has 1 atom stereocenters. The first kappa shape index (κ1) is 35.1. The van der Waals surface area contributed by atoms with Gasteiger partial charge in [-0.3, -0.25) is 0 Å². The summed E-state index contributed by atoms with van der Waals surface area (Å²) in [6, 6.07) is 10.2. The van der Waals surface area contributed by atoms with Crippen LogP contribution in [0.15, 0.2) is 30.5 Å². The fraction of sp³-hybridized carbons (Fsp3) is 0.621. The van der Waals surface area contributed by atoms with Crippen LogP contribution in [0.4, 0.5) is 24.8 Å². The van der Waals surface area contributed by atoms with Crippen molar-refractivity contribution in [1.82, 2.24) is 20.0 Å². The van der Waals surface area contributed by atoms with Crippen LogP contribution in [0.3, 0.4) is 0 Å². The topological polar surface area (TPSA) is 150 Å². The fourth-order valence-electron chi connectivity index (χ4n) is 5.38. The van der Waals surface area contributed by atoms with E-state index < -0.39 is 34.1 Å². The predicted octanol–water partition coefficient (Wildman–Crippen LogP) is 4.69. The number of nitrogens with one attached hydrogen (secondary N) is 4. The van der Waals surface area contributed by atoms with Crippen LogP contribution in [0.1, 0.15) is 45.4 Å². The fourth-order valence-corrected chi connectivity index (χ4v) is 6.36. The first-order valence-electron chi connectivity index (χ1n) is 14.9. The van der Waals surface area contributed by atoms with Crippen molar-refractivity contribution in [3.63, 3.8) is 0 Å². The van der Waals surface area contributed by atoms with Gasteiger partial charge in [-0.25, -0.2) is 23.1 Å². The molecule has 45 heavy (non-hydrogen) atoms. The second-order valence-corrected chi connectivity index (χ2v) is 13.8. The third-order valence-corrected chi connectivity index (χ3v) is 9.24. The molecule has 248 valence electrons. The van der Waals surface area contributed by atoms with Crippen molar-refractivity contribution in [2.45, 2.75) is 69.8 Å². The average molecular weight is 674 g/mol. The van der Waals surface area contributed by atoms with E-state index in [2.05, 4.69) is 27.0 Å². The zero-order valence-electron chi connectivity index (χ0n) is 25.0. The zero-order valence-corrected chi connectivity index (χ0v) is 26.6. The number of nitrogens with zero attached hydrogens (tertiary/aromatic N) is 3. The molecule has 2 aromatic rings. The monoisotopic (exact) mass is 673 g/mol. The Kier molecular flexibility index (Phi) is 12.3. The molecule has 4 rings (SSSR count). The van der Waals surface area contributed by atoms with E-state index in [1.54, 1.807) is 6.20 Å². The molecule has 0 amide bonds. The van der Waals surface area contributed by atoms with E-state index in [1.165, 1.54) is 4.72 Å². The van der Waals surface area contributed by atoms with Gasteiger partial charge in [-0.15, -0.1) is 0 Å². The van der Waals surface area contributed by atoms with Crippen LogP contribution in [-0.4, -0.2) is 81.5 Å². The average Bonchev–Trinajstić information content (AvgIpc) is 3.01. The number of anilines is 2. The standard InChI is InChI=1S/C29H39ClF3N7O4S/c1-20(15-44-19-45(41,42)37-18-29(31,32)33)38-21-5-7-22(8-6-21)39-27-13-23(24(30)14-35-27)25-3-2-4-26(40-25)36-17-28(16-34)9-11-43-12-10-28/h2-4,13-14,20-22,37-38H,5-12,15,17-19H2,1H3,(H,35,39)(H,36,40)/t20-,21-,22-/m0/s1. The zero-order chi connectivity index (χ0) is 32.5. The van der Waals surface area contributed by atoms with Gasteiger partial charge < -0.3 is 25.4 Å². The van der Waals surface area contributed by atoms with Gasteiger partial charge in [0.25, 0.3) is 0 Å². The number of halogens is 4. The molecule has 3 heterocycles. The lowest BCUT2D eigenvalue weighted by molar-refractivity contribution is -0.121.